The minimum Gasteiger partial charge on any atom is -0.479 e. The van der Waals surface area contributed by atoms with E-state index in [2.05, 4.69) is 10.6 Å². The van der Waals surface area contributed by atoms with Crippen LogP contribution in [0.25, 0.3) is 0 Å². The Kier molecular flexibility index (Phi) is 5.25. The van der Waals surface area contributed by atoms with Gasteiger partial charge in [0.25, 0.3) is 0 Å². The lowest BCUT2D eigenvalue weighted by Gasteiger charge is -2.11. The zero-order valence-electron chi connectivity index (χ0n) is 10.3. The average Bonchev–Trinajstić information content (AvgIpc) is 2.34. The van der Waals surface area contributed by atoms with Gasteiger partial charge in [-0.15, -0.1) is 0 Å². The second-order valence-corrected chi connectivity index (χ2v) is 3.94. The summed E-state index contributed by atoms with van der Waals surface area (Å²) in [6.45, 7) is 1.52. The van der Waals surface area contributed by atoms with Crippen molar-refractivity contribution in [2.24, 2.45) is 0 Å². The molecule has 0 radical (unpaired) electrons. The van der Waals surface area contributed by atoms with Crippen molar-refractivity contribution in [2.45, 2.75) is 19.4 Å². The second-order valence-electron chi connectivity index (χ2n) is 3.94. The number of carboxylic acid groups (broad SMARTS) is 1. The van der Waals surface area contributed by atoms with Gasteiger partial charge in [0.1, 0.15) is 5.82 Å². The van der Waals surface area contributed by atoms with Crippen LogP contribution in [0.15, 0.2) is 18.2 Å². The molecule has 1 aromatic carbocycles. The van der Waals surface area contributed by atoms with Gasteiger partial charge in [0.2, 0.25) is 0 Å². The third-order valence-electron chi connectivity index (χ3n) is 2.50. The molecule has 1 unspecified atom stereocenters. The Labute approximate surface area is 109 Å². The third-order valence-corrected chi connectivity index (χ3v) is 2.50. The Hall–Kier alpha value is -2.15. The van der Waals surface area contributed by atoms with Crippen LogP contribution in [0, 0.1) is 12.7 Å². The Morgan fingerprint density at radius 1 is 1.42 bits per heavy atom. The molecular formula is C12H15FN2O4. The number of carbonyl (C=O) groups is 2. The molecule has 7 heteroatoms. The van der Waals surface area contributed by atoms with Gasteiger partial charge in [-0.25, -0.2) is 14.0 Å². The fourth-order valence-electron chi connectivity index (χ4n) is 1.36. The van der Waals surface area contributed by atoms with Gasteiger partial charge in [0.05, 0.1) is 0 Å². The highest BCUT2D eigenvalue weighted by molar-refractivity contribution is 5.90. The van der Waals surface area contributed by atoms with Gasteiger partial charge in [-0.05, 0) is 19.1 Å². The van der Waals surface area contributed by atoms with E-state index in [4.69, 9.17) is 10.2 Å². The predicted molar refractivity (Wildman–Crippen MR) is 66.4 cm³/mol. The maximum absolute atomic E-state index is 13.2. The number of carbonyl (C=O) groups excluding carboxylic acids is 1. The van der Waals surface area contributed by atoms with Crippen LogP contribution >= 0.6 is 0 Å². The molecule has 6 nitrogen and oxygen atoms in total. The number of urea groups is 1. The van der Waals surface area contributed by atoms with E-state index in [1.54, 1.807) is 6.07 Å². The minimum atomic E-state index is -1.52. The van der Waals surface area contributed by atoms with E-state index in [0.29, 0.717) is 11.3 Å². The largest absolute Gasteiger partial charge is 0.479 e. The van der Waals surface area contributed by atoms with Crippen molar-refractivity contribution in [3.05, 3.63) is 29.6 Å². The van der Waals surface area contributed by atoms with Crippen molar-refractivity contribution in [2.75, 3.05) is 11.9 Å². The highest BCUT2D eigenvalue weighted by Gasteiger charge is 2.13. The molecule has 0 saturated heterocycles. The van der Waals surface area contributed by atoms with Crippen LogP contribution < -0.4 is 10.6 Å². The molecule has 0 bridgehead atoms. The number of hydrogen-bond donors (Lipinski definition) is 4. The van der Waals surface area contributed by atoms with E-state index in [1.807, 2.05) is 0 Å². The van der Waals surface area contributed by atoms with Crippen LogP contribution in [0.2, 0.25) is 0 Å². The van der Waals surface area contributed by atoms with Crippen LogP contribution in [0.3, 0.4) is 0 Å². The maximum Gasteiger partial charge on any atom is 0.332 e. The predicted octanol–water partition coefficient (Wildman–Crippen LogP) is 1.09. The number of aliphatic carboxylic acids is 1. The van der Waals surface area contributed by atoms with Crippen LogP contribution in [0.4, 0.5) is 14.9 Å². The molecule has 19 heavy (non-hydrogen) atoms. The number of carboxylic acids is 1. The van der Waals surface area contributed by atoms with Gasteiger partial charge in [-0.2, -0.15) is 0 Å². The topological polar surface area (TPSA) is 98.7 Å². The molecule has 0 fully saturated rings. The zero-order valence-corrected chi connectivity index (χ0v) is 10.3. The van der Waals surface area contributed by atoms with Crippen molar-refractivity contribution in [1.82, 2.24) is 5.32 Å². The smallest absolute Gasteiger partial charge is 0.332 e. The van der Waals surface area contributed by atoms with Crippen LogP contribution in [-0.2, 0) is 4.79 Å². The van der Waals surface area contributed by atoms with Gasteiger partial charge in [-0.3, -0.25) is 0 Å². The van der Waals surface area contributed by atoms with E-state index in [1.165, 1.54) is 19.1 Å². The van der Waals surface area contributed by atoms with E-state index in [-0.39, 0.29) is 13.0 Å². The molecule has 2 amide bonds. The first-order chi connectivity index (χ1) is 8.91. The molecule has 0 spiro atoms. The Morgan fingerprint density at radius 2 is 2.11 bits per heavy atom. The monoisotopic (exact) mass is 270 g/mol. The summed E-state index contributed by atoms with van der Waals surface area (Å²) in [7, 11) is 0. The fourth-order valence-corrected chi connectivity index (χ4v) is 1.36. The van der Waals surface area contributed by atoms with Crippen molar-refractivity contribution in [1.29, 1.82) is 0 Å². The zero-order chi connectivity index (χ0) is 14.4. The molecule has 0 aromatic heterocycles. The summed E-state index contributed by atoms with van der Waals surface area (Å²) in [6.07, 6.45) is -1.62. The molecule has 104 valence electrons. The summed E-state index contributed by atoms with van der Waals surface area (Å²) in [4.78, 5) is 21.8. The molecule has 0 aliphatic rings. The molecule has 0 aliphatic carbocycles. The van der Waals surface area contributed by atoms with E-state index in [9.17, 15) is 14.0 Å². The molecular weight excluding hydrogens is 255 g/mol. The standard InChI is InChI=1S/C12H15FN2O4/c1-7-8(13)3-2-4-9(7)15-12(19)14-6-5-10(16)11(17)18/h2-4,10,16H,5-6H2,1H3,(H,17,18)(H2,14,15,19). The first-order valence-electron chi connectivity index (χ1n) is 5.62. The lowest BCUT2D eigenvalue weighted by Crippen LogP contribution is -2.33. The SMILES string of the molecule is Cc1c(F)cccc1NC(=O)NCCC(O)C(=O)O. The molecule has 0 saturated carbocycles. The van der Waals surface area contributed by atoms with E-state index < -0.39 is 23.9 Å². The number of aliphatic hydroxyl groups is 1. The molecule has 1 rings (SSSR count). The number of amides is 2. The van der Waals surface area contributed by atoms with E-state index in [0.717, 1.165) is 0 Å². The summed E-state index contributed by atoms with van der Waals surface area (Å²) in [5, 5.41) is 22.2. The van der Waals surface area contributed by atoms with Crippen molar-refractivity contribution < 1.29 is 24.2 Å². The van der Waals surface area contributed by atoms with Crippen molar-refractivity contribution in [3.63, 3.8) is 0 Å². The number of nitrogens with one attached hydrogen (secondary N) is 2. The van der Waals surface area contributed by atoms with Crippen molar-refractivity contribution in [3.8, 4) is 0 Å². The highest BCUT2D eigenvalue weighted by Crippen LogP contribution is 2.16. The summed E-state index contributed by atoms with van der Waals surface area (Å²) < 4.78 is 13.2. The van der Waals surface area contributed by atoms with Gasteiger partial charge in [0.15, 0.2) is 6.10 Å². The number of benzene rings is 1. The van der Waals surface area contributed by atoms with Gasteiger partial charge in [0, 0.05) is 24.2 Å². The average molecular weight is 270 g/mol. The lowest BCUT2D eigenvalue weighted by atomic mass is 10.2. The first-order valence-corrected chi connectivity index (χ1v) is 5.62. The van der Waals surface area contributed by atoms with Crippen LogP contribution in [-0.4, -0.2) is 34.9 Å². The number of halogens is 1. The first kappa shape index (κ1) is 14.9. The fraction of sp³-hybridized carbons (Fsp3) is 0.333. The Morgan fingerprint density at radius 3 is 2.74 bits per heavy atom. The summed E-state index contributed by atoms with van der Waals surface area (Å²) >= 11 is 0. The molecule has 1 atom stereocenters. The summed E-state index contributed by atoms with van der Waals surface area (Å²) in [5.41, 5.74) is 0.638. The maximum atomic E-state index is 13.2. The summed E-state index contributed by atoms with van der Waals surface area (Å²) in [6, 6.07) is 3.70. The minimum absolute atomic E-state index is 0.00629. The molecule has 1 aromatic rings. The van der Waals surface area contributed by atoms with Gasteiger partial charge in [-0.1, -0.05) is 6.07 Å². The van der Waals surface area contributed by atoms with Gasteiger partial charge >= 0.3 is 12.0 Å². The third kappa shape index (κ3) is 4.55. The van der Waals surface area contributed by atoms with Gasteiger partial charge < -0.3 is 20.8 Å². The Balaban J connectivity index is 2.43. The number of hydrogen-bond acceptors (Lipinski definition) is 3. The van der Waals surface area contributed by atoms with Crippen LogP contribution in [0.5, 0.6) is 0 Å². The molecule has 0 heterocycles. The summed E-state index contributed by atoms with van der Waals surface area (Å²) in [5.74, 6) is -1.78. The highest BCUT2D eigenvalue weighted by atomic mass is 19.1. The number of aliphatic hydroxyl groups excluding tert-OH is 1. The lowest BCUT2D eigenvalue weighted by molar-refractivity contribution is -0.146. The molecule has 4 N–H and O–H groups in total. The number of rotatable bonds is 5. The normalized spacial score (nSPS) is 11.7. The quantitative estimate of drug-likeness (QED) is 0.643. The van der Waals surface area contributed by atoms with Crippen molar-refractivity contribution >= 4 is 17.7 Å². The second kappa shape index (κ2) is 6.69. The Bertz CT molecular complexity index is 479. The van der Waals surface area contributed by atoms with Crippen LogP contribution in [0.1, 0.15) is 12.0 Å². The number of anilines is 1. The molecule has 0 aliphatic heterocycles. The van der Waals surface area contributed by atoms with E-state index >= 15 is 0 Å².